The van der Waals surface area contributed by atoms with Crippen LogP contribution >= 0.6 is 0 Å². The van der Waals surface area contributed by atoms with Crippen molar-refractivity contribution in [3.8, 4) is 0 Å². The molecule has 0 saturated heterocycles. The predicted molar refractivity (Wildman–Crippen MR) is 121 cm³/mol. The minimum atomic E-state index is 0.131. The minimum Gasteiger partial charge on any atom is -0.333 e. The Labute approximate surface area is 166 Å². The van der Waals surface area contributed by atoms with Crippen LogP contribution in [0.1, 0.15) is 65.2 Å². The van der Waals surface area contributed by atoms with Crippen LogP contribution in [0.3, 0.4) is 0 Å². The number of allylic oxidation sites excluding steroid dienone is 3. The van der Waals surface area contributed by atoms with Gasteiger partial charge in [-0.15, -0.1) is 11.5 Å². The van der Waals surface area contributed by atoms with E-state index in [1.165, 1.54) is 18.2 Å². The molecular weight excluding hydrogens is 336 g/mol. The fraction of sp³-hybridized carbons (Fsp3) is 0.522. The molecule has 0 bridgehead atoms. The lowest BCUT2D eigenvalue weighted by Gasteiger charge is -2.18. The van der Waals surface area contributed by atoms with Crippen LogP contribution in [0.25, 0.3) is 0 Å². The molecule has 0 aliphatic rings. The molecule has 1 rings (SSSR count). The van der Waals surface area contributed by atoms with Gasteiger partial charge in [-0.2, -0.15) is 0 Å². The number of aryl methyl sites for hydroxylation is 3. The molecule has 2 N–H and O–H groups in total. The van der Waals surface area contributed by atoms with Crippen LogP contribution in [0, 0.1) is 31.1 Å². The molecule has 0 spiro atoms. The van der Waals surface area contributed by atoms with Gasteiger partial charge in [0.2, 0.25) is 0 Å². The Kier molecular flexibility index (Phi) is 16.5. The Bertz CT molecular complexity index is 633. The summed E-state index contributed by atoms with van der Waals surface area (Å²) in [5.74, 6) is 0.132. The van der Waals surface area contributed by atoms with E-state index in [-0.39, 0.29) is 11.2 Å². The van der Waals surface area contributed by atoms with Gasteiger partial charge in [0.1, 0.15) is 5.69 Å². The van der Waals surface area contributed by atoms with E-state index in [4.69, 9.17) is 0 Å². The zero-order valence-corrected chi connectivity index (χ0v) is 19.3. The van der Waals surface area contributed by atoms with Crippen molar-refractivity contribution in [3.05, 3.63) is 57.5 Å². The van der Waals surface area contributed by atoms with Crippen molar-refractivity contribution in [2.75, 3.05) is 7.05 Å². The average molecular weight is 377 g/mol. The summed E-state index contributed by atoms with van der Waals surface area (Å²) in [5, 5.41) is 2.92. The Morgan fingerprint density at radius 2 is 1.33 bits per heavy atom. The molecular formula is C23H40N2O2. The lowest BCUT2D eigenvalue weighted by molar-refractivity contribution is -0.112. The lowest BCUT2D eigenvalue weighted by Crippen LogP contribution is -2.07. The smallest absolute Gasteiger partial charge is 0.152 e. The normalized spacial score (nSPS) is 10.1. The minimum absolute atomic E-state index is 0.131. The second kappa shape index (κ2) is 15.0. The first kappa shape index (κ1) is 29.7. The third kappa shape index (κ3) is 17.1. The quantitative estimate of drug-likeness (QED) is 0.353. The number of carbonyl (C=O) groups is 1. The highest BCUT2D eigenvalue weighted by atomic mass is 16.3. The van der Waals surface area contributed by atoms with Gasteiger partial charge in [-0.05, 0) is 94.9 Å². The molecule has 1 aromatic carbocycles. The standard InChI is InChI=1S/C9H11NO.C9H16O.C4H8.CH5N/c1-6-4-8(3)9(10-11)5-7(6)2;1-7(6-8(2)10)9(3,4)5;1-4(2)3;1-2/h4-5H,1-3H3;6H,1-5H3;1H2,2-3H3;2H2,1H3/b;7-6+;;. The van der Waals surface area contributed by atoms with Gasteiger partial charge in [-0.3, -0.25) is 4.79 Å². The molecule has 4 nitrogen and oxygen atoms in total. The number of nitrogens with zero attached hydrogens (tertiary/aromatic N) is 1. The van der Waals surface area contributed by atoms with Crippen LogP contribution in [-0.4, -0.2) is 12.8 Å². The van der Waals surface area contributed by atoms with Crippen molar-refractivity contribution in [1.29, 1.82) is 0 Å². The summed E-state index contributed by atoms with van der Waals surface area (Å²) in [6.07, 6.45) is 1.69. The molecule has 0 aliphatic carbocycles. The van der Waals surface area contributed by atoms with Crippen molar-refractivity contribution in [2.24, 2.45) is 16.3 Å². The molecule has 1 aromatic rings. The number of hydrogen-bond donors (Lipinski definition) is 1. The van der Waals surface area contributed by atoms with E-state index in [1.807, 2.05) is 53.7 Å². The fourth-order valence-electron chi connectivity index (χ4n) is 1.57. The van der Waals surface area contributed by atoms with Gasteiger partial charge in [0, 0.05) is 0 Å². The first-order valence-electron chi connectivity index (χ1n) is 9.02. The number of hydrogen-bond acceptors (Lipinski definition) is 4. The summed E-state index contributed by atoms with van der Waals surface area (Å²) in [5.41, 5.74) is 10.8. The van der Waals surface area contributed by atoms with E-state index in [1.54, 1.807) is 13.0 Å². The van der Waals surface area contributed by atoms with Gasteiger partial charge < -0.3 is 5.73 Å². The highest BCUT2D eigenvalue weighted by Crippen LogP contribution is 2.24. The van der Waals surface area contributed by atoms with Crippen LogP contribution < -0.4 is 5.73 Å². The number of nitroso groups, excluding NO2 is 1. The monoisotopic (exact) mass is 376 g/mol. The molecule has 0 atom stereocenters. The van der Waals surface area contributed by atoms with Crippen molar-refractivity contribution in [2.45, 2.75) is 69.2 Å². The predicted octanol–water partition coefficient (Wildman–Crippen LogP) is 6.73. The second-order valence-electron chi connectivity index (χ2n) is 7.71. The Morgan fingerprint density at radius 1 is 0.963 bits per heavy atom. The van der Waals surface area contributed by atoms with Crippen LogP contribution in [0.2, 0.25) is 0 Å². The summed E-state index contributed by atoms with van der Waals surface area (Å²) >= 11 is 0. The maximum Gasteiger partial charge on any atom is 0.152 e. The number of carbonyl (C=O) groups excluding carboxylic acids is 1. The highest BCUT2D eigenvalue weighted by Gasteiger charge is 2.12. The van der Waals surface area contributed by atoms with E-state index < -0.39 is 0 Å². The van der Waals surface area contributed by atoms with Gasteiger partial charge in [-0.1, -0.05) is 38.0 Å². The molecule has 0 unspecified atom stereocenters. The molecule has 154 valence electrons. The van der Waals surface area contributed by atoms with Gasteiger partial charge in [0.15, 0.2) is 5.78 Å². The largest absolute Gasteiger partial charge is 0.333 e. The van der Waals surface area contributed by atoms with Crippen LogP contribution in [-0.2, 0) is 4.79 Å². The third-order valence-electron chi connectivity index (χ3n) is 3.51. The van der Waals surface area contributed by atoms with Gasteiger partial charge in [0.05, 0.1) is 0 Å². The maximum absolute atomic E-state index is 10.6. The average Bonchev–Trinajstić information content (AvgIpc) is 2.51. The molecule has 4 heteroatoms. The van der Waals surface area contributed by atoms with E-state index in [0.717, 1.165) is 16.7 Å². The first-order chi connectivity index (χ1) is 12.2. The van der Waals surface area contributed by atoms with Crippen LogP contribution in [0.5, 0.6) is 0 Å². The molecule has 0 heterocycles. The van der Waals surface area contributed by atoms with Gasteiger partial charge in [-0.25, -0.2) is 0 Å². The highest BCUT2D eigenvalue weighted by molar-refractivity contribution is 5.88. The summed E-state index contributed by atoms with van der Waals surface area (Å²) in [4.78, 5) is 20.9. The Balaban J connectivity index is -0.000000333. The van der Waals surface area contributed by atoms with Crippen molar-refractivity contribution >= 4 is 11.5 Å². The zero-order valence-electron chi connectivity index (χ0n) is 19.3. The van der Waals surface area contributed by atoms with E-state index >= 15 is 0 Å². The summed E-state index contributed by atoms with van der Waals surface area (Å²) in [6, 6.07) is 3.80. The molecule has 0 fully saturated rings. The maximum atomic E-state index is 10.6. The Hall–Kier alpha value is -2.07. The molecule has 0 amide bonds. The Morgan fingerprint density at radius 3 is 1.59 bits per heavy atom. The molecule has 0 aliphatic heterocycles. The lowest BCUT2D eigenvalue weighted by atomic mass is 9.87. The van der Waals surface area contributed by atoms with Crippen molar-refractivity contribution in [3.63, 3.8) is 0 Å². The number of nitrogens with two attached hydrogens (primary N) is 1. The second-order valence-corrected chi connectivity index (χ2v) is 7.71. The topological polar surface area (TPSA) is 72.5 Å². The SMILES string of the molecule is C=C(C)C.CC(=O)/C=C(\C)C(C)(C)C.CN.Cc1cc(C)c(N=O)cc1C. The summed E-state index contributed by atoms with van der Waals surface area (Å²) in [6.45, 7) is 23.3. The van der Waals surface area contributed by atoms with E-state index in [9.17, 15) is 9.70 Å². The number of rotatable bonds is 2. The summed E-state index contributed by atoms with van der Waals surface area (Å²) in [7, 11) is 1.50. The van der Waals surface area contributed by atoms with Gasteiger partial charge in [0.25, 0.3) is 0 Å². The van der Waals surface area contributed by atoms with Crippen molar-refractivity contribution in [1.82, 2.24) is 0 Å². The first-order valence-corrected chi connectivity index (χ1v) is 9.02. The number of ketones is 1. The fourth-order valence-corrected chi connectivity index (χ4v) is 1.57. The third-order valence-corrected chi connectivity index (χ3v) is 3.51. The van der Waals surface area contributed by atoms with E-state index in [2.05, 4.69) is 38.3 Å². The van der Waals surface area contributed by atoms with Crippen LogP contribution in [0.15, 0.2) is 41.1 Å². The zero-order chi connectivity index (χ0) is 22.4. The molecule has 0 aromatic heterocycles. The molecule has 0 saturated carbocycles. The van der Waals surface area contributed by atoms with Crippen molar-refractivity contribution < 1.29 is 4.79 Å². The summed E-state index contributed by atoms with van der Waals surface area (Å²) < 4.78 is 0. The van der Waals surface area contributed by atoms with E-state index in [0.29, 0.717) is 5.69 Å². The molecule has 0 radical (unpaired) electrons. The van der Waals surface area contributed by atoms with Crippen LogP contribution in [0.4, 0.5) is 5.69 Å². The molecule has 27 heavy (non-hydrogen) atoms. The van der Waals surface area contributed by atoms with Gasteiger partial charge >= 0.3 is 0 Å². The number of benzene rings is 1.